The van der Waals surface area contributed by atoms with Gasteiger partial charge in [0.2, 0.25) is 0 Å². The molecular weight excluding hydrogens is 230 g/mol. The number of esters is 1. The lowest BCUT2D eigenvalue weighted by molar-refractivity contribution is -0.141. The van der Waals surface area contributed by atoms with E-state index in [2.05, 4.69) is 5.32 Å². The zero-order valence-electron chi connectivity index (χ0n) is 11.2. The zero-order chi connectivity index (χ0) is 13.4. The molecule has 0 aliphatic rings. The summed E-state index contributed by atoms with van der Waals surface area (Å²) < 4.78 is 9.85. The van der Waals surface area contributed by atoms with Gasteiger partial charge in [0.15, 0.2) is 0 Å². The molecule has 0 radical (unpaired) electrons. The normalized spacial score (nSPS) is 11.9. The van der Waals surface area contributed by atoms with Crippen LogP contribution >= 0.6 is 0 Å². The third-order valence-electron chi connectivity index (χ3n) is 2.82. The second-order valence-electron chi connectivity index (χ2n) is 4.03. The molecule has 0 bridgehead atoms. The van der Waals surface area contributed by atoms with E-state index in [9.17, 15) is 4.79 Å². The van der Waals surface area contributed by atoms with Crippen molar-refractivity contribution < 1.29 is 14.3 Å². The van der Waals surface area contributed by atoms with E-state index in [1.54, 1.807) is 7.11 Å². The summed E-state index contributed by atoms with van der Waals surface area (Å²) in [6, 6.07) is 7.62. The van der Waals surface area contributed by atoms with Gasteiger partial charge in [-0.3, -0.25) is 0 Å². The number of methoxy groups -OCH3 is 2. The lowest BCUT2D eigenvalue weighted by Gasteiger charge is -2.18. The van der Waals surface area contributed by atoms with Gasteiger partial charge in [-0.1, -0.05) is 25.1 Å². The van der Waals surface area contributed by atoms with E-state index in [0.717, 1.165) is 17.7 Å². The Morgan fingerprint density at radius 3 is 2.67 bits per heavy atom. The van der Waals surface area contributed by atoms with Crippen LogP contribution in [-0.4, -0.2) is 32.8 Å². The number of carbonyl (C=O) groups is 1. The van der Waals surface area contributed by atoms with Crippen molar-refractivity contribution in [1.29, 1.82) is 0 Å². The smallest absolute Gasteiger partial charge is 0.328 e. The number of benzene rings is 1. The molecule has 18 heavy (non-hydrogen) atoms. The van der Waals surface area contributed by atoms with Crippen LogP contribution in [0.2, 0.25) is 0 Å². The summed E-state index contributed by atoms with van der Waals surface area (Å²) in [4.78, 5) is 11.6. The molecule has 0 saturated carbocycles. The maximum absolute atomic E-state index is 11.6. The Bertz CT molecular complexity index is 379. The number of rotatable bonds is 7. The van der Waals surface area contributed by atoms with Crippen LogP contribution in [0.25, 0.3) is 0 Å². The predicted molar refractivity (Wildman–Crippen MR) is 71.7 cm³/mol. The Morgan fingerprint density at radius 2 is 2.06 bits per heavy atom. The Balaban J connectivity index is 2.78. The van der Waals surface area contributed by atoms with Crippen LogP contribution in [0.4, 0.5) is 5.69 Å². The molecule has 4 heteroatoms. The minimum Gasteiger partial charge on any atom is -0.467 e. The van der Waals surface area contributed by atoms with E-state index in [4.69, 9.17) is 9.47 Å². The van der Waals surface area contributed by atoms with Crippen molar-refractivity contribution in [3.63, 3.8) is 0 Å². The molecule has 1 aromatic carbocycles. The highest BCUT2D eigenvalue weighted by Gasteiger charge is 2.17. The lowest BCUT2D eigenvalue weighted by Crippen LogP contribution is -2.30. The van der Waals surface area contributed by atoms with Gasteiger partial charge in [0, 0.05) is 12.8 Å². The van der Waals surface area contributed by atoms with Gasteiger partial charge in [-0.2, -0.15) is 0 Å². The largest absolute Gasteiger partial charge is 0.467 e. The van der Waals surface area contributed by atoms with Crippen molar-refractivity contribution in [3.8, 4) is 0 Å². The van der Waals surface area contributed by atoms with E-state index >= 15 is 0 Å². The highest BCUT2D eigenvalue weighted by molar-refractivity contribution is 5.79. The second-order valence-corrected chi connectivity index (χ2v) is 4.03. The molecule has 1 N–H and O–H groups in total. The van der Waals surface area contributed by atoms with Crippen molar-refractivity contribution in [2.45, 2.75) is 25.8 Å². The number of anilines is 1. The third-order valence-corrected chi connectivity index (χ3v) is 2.82. The molecule has 0 amide bonds. The fourth-order valence-corrected chi connectivity index (χ4v) is 1.75. The van der Waals surface area contributed by atoms with Crippen LogP contribution in [0.3, 0.4) is 0 Å². The first-order valence-electron chi connectivity index (χ1n) is 6.14. The third kappa shape index (κ3) is 4.04. The van der Waals surface area contributed by atoms with Crippen molar-refractivity contribution in [2.24, 2.45) is 0 Å². The fraction of sp³-hybridized carbons (Fsp3) is 0.500. The van der Waals surface area contributed by atoms with E-state index in [1.807, 2.05) is 31.2 Å². The van der Waals surface area contributed by atoms with E-state index in [-0.39, 0.29) is 12.0 Å². The fourth-order valence-electron chi connectivity index (χ4n) is 1.75. The summed E-state index contributed by atoms with van der Waals surface area (Å²) >= 11 is 0. The van der Waals surface area contributed by atoms with Gasteiger partial charge in [-0.15, -0.1) is 0 Å². The van der Waals surface area contributed by atoms with Crippen LogP contribution in [0.15, 0.2) is 24.3 Å². The van der Waals surface area contributed by atoms with E-state index < -0.39 is 0 Å². The molecule has 1 aromatic rings. The van der Waals surface area contributed by atoms with Gasteiger partial charge in [0.05, 0.1) is 13.7 Å². The van der Waals surface area contributed by atoms with Crippen LogP contribution in [0, 0.1) is 0 Å². The molecular formula is C14H21NO3. The maximum Gasteiger partial charge on any atom is 0.328 e. The predicted octanol–water partition coefficient (Wildman–Crippen LogP) is 2.24. The molecule has 0 aliphatic heterocycles. The SMILES string of the molecule is CCC(Nc1ccccc1CCOC)C(=O)OC. The first kappa shape index (κ1) is 14.5. The average Bonchev–Trinajstić information content (AvgIpc) is 2.42. The molecule has 0 fully saturated rings. The van der Waals surface area contributed by atoms with Gasteiger partial charge < -0.3 is 14.8 Å². The molecule has 0 heterocycles. The van der Waals surface area contributed by atoms with Gasteiger partial charge >= 0.3 is 5.97 Å². The summed E-state index contributed by atoms with van der Waals surface area (Å²) in [6.45, 7) is 2.61. The molecule has 0 aromatic heterocycles. The van der Waals surface area contributed by atoms with Crippen LogP contribution < -0.4 is 5.32 Å². The molecule has 100 valence electrons. The van der Waals surface area contributed by atoms with Gasteiger partial charge in [-0.25, -0.2) is 4.79 Å². The zero-order valence-corrected chi connectivity index (χ0v) is 11.2. The number of hydrogen-bond acceptors (Lipinski definition) is 4. The van der Waals surface area contributed by atoms with Gasteiger partial charge in [0.25, 0.3) is 0 Å². The average molecular weight is 251 g/mol. The molecule has 0 aliphatic carbocycles. The number of ether oxygens (including phenoxy) is 2. The summed E-state index contributed by atoms with van der Waals surface area (Å²) in [5.74, 6) is -0.237. The van der Waals surface area contributed by atoms with Gasteiger partial charge in [0.1, 0.15) is 6.04 Å². The summed E-state index contributed by atoms with van der Waals surface area (Å²) in [5, 5.41) is 3.23. The Kier molecular flexibility index (Phi) is 6.22. The van der Waals surface area contributed by atoms with Crippen molar-refractivity contribution in [1.82, 2.24) is 0 Å². The Morgan fingerprint density at radius 1 is 1.33 bits per heavy atom. The molecule has 1 unspecified atom stereocenters. The van der Waals surface area contributed by atoms with Crippen LogP contribution in [0.1, 0.15) is 18.9 Å². The second kappa shape index (κ2) is 7.71. The summed E-state index contributed by atoms with van der Waals surface area (Å²) in [5.41, 5.74) is 2.11. The quantitative estimate of drug-likeness (QED) is 0.755. The maximum atomic E-state index is 11.6. The number of carbonyl (C=O) groups excluding carboxylic acids is 1. The highest BCUT2D eigenvalue weighted by atomic mass is 16.5. The summed E-state index contributed by atoms with van der Waals surface area (Å²) in [6.07, 6.45) is 1.50. The first-order chi connectivity index (χ1) is 8.72. The van der Waals surface area contributed by atoms with Crippen LogP contribution in [0.5, 0.6) is 0 Å². The number of para-hydroxylation sites is 1. The highest BCUT2D eigenvalue weighted by Crippen LogP contribution is 2.18. The molecule has 1 rings (SSSR count). The topological polar surface area (TPSA) is 47.6 Å². The lowest BCUT2D eigenvalue weighted by atomic mass is 10.1. The van der Waals surface area contributed by atoms with Gasteiger partial charge in [-0.05, 0) is 24.5 Å². The standard InChI is InChI=1S/C14H21NO3/c1-4-12(14(16)18-3)15-13-8-6-5-7-11(13)9-10-17-2/h5-8,12,15H,4,9-10H2,1-3H3. The molecule has 1 atom stereocenters. The monoisotopic (exact) mass is 251 g/mol. The first-order valence-corrected chi connectivity index (χ1v) is 6.14. The Labute approximate surface area is 108 Å². The number of hydrogen-bond donors (Lipinski definition) is 1. The van der Waals surface area contributed by atoms with E-state index in [1.165, 1.54) is 7.11 Å². The van der Waals surface area contributed by atoms with Crippen molar-refractivity contribution in [2.75, 3.05) is 26.1 Å². The van der Waals surface area contributed by atoms with E-state index in [0.29, 0.717) is 13.0 Å². The molecule has 0 spiro atoms. The minimum atomic E-state index is -0.307. The Hall–Kier alpha value is -1.55. The number of nitrogens with one attached hydrogen (secondary N) is 1. The summed E-state index contributed by atoms with van der Waals surface area (Å²) in [7, 11) is 3.09. The van der Waals surface area contributed by atoms with Crippen molar-refractivity contribution in [3.05, 3.63) is 29.8 Å². The minimum absolute atomic E-state index is 0.237. The molecule has 0 saturated heterocycles. The van der Waals surface area contributed by atoms with Crippen molar-refractivity contribution >= 4 is 11.7 Å². The molecule has 4 nitrogen and oxygen atoms in total. The van der Waals surface area contributed by atoms with Crippen LogP contribution in [-0.2, 0) is 20.7 Å².